The van der Waals surface area contributed by atoms with Crippen LogP contribution in [0.3, 0.4) is 0 Å². The molecule has 0 aliphatic heterocycles. The van der Waals surface area contributed by atoms with Crippen molar-refractivity contribution in [2.75, 3.05) is 0 Å². The molecular weight excluding hydrogens is 268 g/mol. The molecule has 1 atom stereocenters. The molecule has 3 rings (SSSR count). The van der Waals surface area contributed by atoms with E-state index in [0.717, 1.165) is 15.6 Å². The lowest BCUT2D eigenvalue weighted by atomic mass is 9.92. The maximum Gasteiger partial charge on any atom is 0.183 e. The third-order valence-electron chi connectivity index (χ3n) is 3.52. The van der Waals surface area contributed by atoms with Crippen LogP contribution < -0.4 is 0 Å². The van der Waals surface area contributed by atoms with Crippen LogP contribution in [0.15, 0.2) is 54.6 Å². The van der Waals surface area contributed by atoms with Crippen molar-refractivity contribution in [3.63, 3.8) is 0 Å². The van der Waals surface area contributed by atoms with Gasteiger partial charge in [0.15, 0.2) is 10.8 Å². The summed E-state index contributed by atoms with van der Waals surface area (Å²) in [6.07, 6.45) is 0. The van der Waals surface area contributed by atoms with Crippen LogP contribution in [0, 0.1) is 0 Å². The van der Waals surface area contributed by atoms with E-state index >= 15 is 0 Å². The van der Waals surface area contributed by atoms with Crippen molar-refractivity contribution in [1.29, 1.82) is 0 Å². The van der Waals surface area contributed by atoms with E-state index in [1.165, 1.54) is 11.3 Å². The van der Waals surface area contributed by atoms with Crippen LogP contribution in [0.4, 0.5) is 0 Å². The average Bonchev–Trinajstić information content (AvgIpc) is 2.82. The highest BCUT2D eigenvalue weighted by Gasteiger charge is 2.24. The maximum atomic E-state index is 12.7. The summed E-state index contributed by atoms with van der Waals surface area (Å²) in [6.45, 7) is 1.88. The van der Waals surface area contributed by atoms with Crippen molar-refractivity contribution in [3.8, 4) is 5.06 Å². The lowest BCUT2D eigenvalue weighted by Gasteiger charge is -2.10. The quantitative estimate of drug-likeness (QED) is 0.713. The minimum Gasteiger partial charge on any atom is -0.499 e. The van der Waals surface area contributed by atoms with Crippen LogP contribution in [0.25, 0.3) is 10.1 Å². The van der Waals surface area contributed by atoms with E-state index in [1.54, 1.807) is 0 Å². The summed E-state index contributed by atoms with van der Waals surface area (Å²) in [5.41, 5.74) is 1.41. The number of fused-ring (bicyclic) bond motifs is 1. The molecule has 0 amide bonds. The lowest BCUT2D eigenvalue weighted by molar-refractivity contribution is 0.0966. The molecule has 2 aromatic carbocycles. The van der Waals surface area contributed by atoms with Gasteiger partial charge in [0.1, 0.15) is 0 Å². The first-order valence-electron chi connectivity index (χ1n) is 6.48. The molecule has 100 valence electrons. The van der Waals surface area contributed by atoms with E-state index in [0.29, 0.717) is 5.56 Å². The van der Waals surface area contributed by atoms with E-state index in [9.17, 15) is 9.90 Å². The Labute approximate surface area is 121 Å². The minimum absolute atomic E-state index is 0.0360. The van der Waals surface area contributed by atoms with Crippen LogP contribution in [-0.2, 0) is 0 Å². The zero-order valence-electron chi connectivity index (χ0n) is 11.0. The van der Waals surface area contributed by atoms with Crippen LogP contribution in [0.2, 0.25) is 0 Å². The number of aromatic hydroxyl groups is 1. The van der Waals surface area contributed by atoms with Gasteiger partial charge in [-0.3, -0.25) is 4.79 Å². The Morgan fingerprint density at radius 3 is 2.45 bits per heavy atom. The smallest absolute Gasteiger partial charge is 0.183 e. The second-order valence-electron chi connectivity index (χ2n) is 4.77. The van der Waals surface area contributed by atoms with Gasteiger partial charge >= 0.3 is 0 Å². The maximum absolute atomic E-state index is 12.7. The number of rotatable bonds is 3. The highest BCUT2D eigenvalue weighted by atomic mass is 32.1. The summed E-state index contributed by atoms with van der Waals surface area (Å²) in [6, 6.07) is 17.3. The molecule has 0 saturated heterocycles. The first-order chi connectivity index (χ1) is 9.68. The topological polar surface area (TPSA) is 37.3 Å². The van der Waals surface area contributed by atoms with Gasteiger partial charge in [-0.2, -0.15) is 0 Å². The molecule has 1 aromatic heterocycles. The van der Waals surface area contributed by atoms with E-state index in [1.807, 2.05) is 61.5 Å². The van der Waals surface area contributed by atoms with Gasteiger partial charge < -0.3 is 5.11 Å². The normalized spacial score (nSPS) is 12.4. The summed E-state index contributed by atoms with van der Waals surface area (Å²) in [5.74, 6) is -0.300. The summed E-state index contributed by atoms with van der Waals surface area (Å²) in [7, 11) is 0. The van der Waals surface area contributed by atoms with Gasteiger partial charge in [0.25, 0.3) is 0 Å². The van der Waals surface area contributed by atoms with Gasteiger partial charge in [-0.15, -0.1) is 0 Å². The van der Waals surface area contributed by atoms with E-state index in [2.05, 4.69) is 0 Å². The molecule has 0 aliphatic carbocycles. The molecule has 0 bridgehead atoms. The Morgan fingerprint density at radius 2 is 1.70 bits per heavy atom. The Hall–Kier alpha value is -2.13. The summed E-state index contributed by atoms with van der Waals surface area (Å²) in [5, 5.41) is 11.0. The second-order valence-corrected chi connectivity index (χ2v) is 5.81. The number of thiophene rings is 1. The number of hydrogen-bond donors (Lipinski definition) is 1. The van der Waals surface area contributed by atoms with Gasteiger partial charge in [-0.1, -0.05) is 66.8 Å². The highest BCUT2D eigenvalue weighted by molar-refractivity contribution is 7.21. The van der Waals surface area contributed by atoms with Crippen LogP contribution in [-0.4, -0.2) is 10.9 Å². The lowest BCUT2D eigenvalue weighted by Crippen LogP contribution is -2.09. The molecule has 1 unspecified atom stereocenters. The number of ketones is 1. The Kier molecular flexibility index (Phi) is 3.28. The fourth-order valence-electron chi connectivity index (χ4n) is 2.38. The second kappa shape index (κ2) is 5.10. The predicted octanol–water partition coefficient (Wildman–Crippen LogP) is 4.59. The van der Waals surface area contributed by atoms with E-state index in [4.69, 9.17) is 0 Å². The molecular formula is C17H14O2S. The number of Topliss-reactive ketones (excluding diaryl/α,β-unsaturated/α-hetero) is 1. The van der Waals surface area contributed by atoms with Gasteiger partial charge in [0.05, 0.1) is 5.56 Å². The summed E-state index contributed by atoms with van der Waals surface area (Å²) in [4.78, 5) is 12.7. The Balaban J connectivity index is 2.07. The zero-order chi connectivity index (χ0) is 14.1. The Morgan fingerprint density at radius 1 is 1.05 bits per heavy atom. The first kappa shape index (κ1) is 12.9. The monoisotopic (exact) mass is 282 g/mol. The standard InChI is InChI=1S/C17H14O2S/c1-11(12-7-3-2-4-8-12)16(18)15-13-9-5-6-10-14(13)20-17(15)19/h2-11,19H,1H3. The van der Waals surface area contributed by atoms with Gasteiger partial charge in [-0.25, -0.2) is 0 Å². The molecule has 3 aromatic rings. The fraction of sp³-hybridized carbons (Fsp3) is 0.118. The molecule has 1 heterocycles. The molecule has 0 radical (unpaired) electrons. The fourth-order valence-corrected chi connectivity index (χ4v) is 3.33. The van der Waals surface area contributed by atoms with Crippen LogP contribution in [0.1, 0.15) is 28.8 Å². The minimum atomic E-state index is -0.264. The molecule has 1 N–H and O–H groups in total. The summed E-state index contributed by atoms with van der Waals surface area (Å²) >= 11 is 1.25. The number of carbonyl (C=O) groups is 1. The predicted molar refractivity (Wildman–Crippen MR) is 82.7 cm³/mol. The van der Waals surface area contributed by atoms with Gasteiger partial charge in [-0.05, 0) is 11.6 Å². The molecule has 0 saturated carbocycles. The van der Waals surface area contributed by atoms with Crippen molar-refractivity contribution in [3.05, 3.63) is 65.7 Å². The molecule has 0 spiro atoms. The summed E-state index contributed by atoms with van der Waals surface area (Å²) < 4.78 is 0.939. The van der Waals surface area contributed by atoms with Gasteiger partial charge in [0.2, 0.25) is 0 Å². The molecule has 2 nitrogen and oxygen atoms in total. The zero-order valence-corrected chi connectivity index (χ0v) is 11.9. The number of hydrogen-bond acceptors (Lipinski definition) is 3. The largest absolute Gasteiger partial charge is 0.499 e. The molecule has 0 aliphatic rings. The van der Waals surface area contributed by atoms with E-state index in [-0.39, 0.29) is 16.8 Å². The van der Waals surface area contributed by atoms with E-state index < -0.39 is 0 Å². The van der Waals surface area contributed by atoms with Crippen molar-refractivity contribution >= 4 is 27.2 Å². The molecule has 0 fully saturated rings. The number of benzene rings is 2. The van der Waals surface area contributed by atoms with Crippen molar-refractivity contribution in [1.82, 2.24) is 0 Å². The molecule has 3 heteroatoms. The molecule has 20 heavy (non-hydrogen) atoms. The average molecular weight is 282 g/mol. The van der Waals surface area contributed by atoms with Crippen molar-refractivity contribution < 1.29 is 9.90 Å². The first-order valence-corrected chi connectivity index (χ1v) is 7.30. The third-order valence-corrected chi connectivity index (χ3v) is 4.49. The van der Waals surface area contributed by atoms with Crippen LogP contribution in [0.5, 0.6) is 5.06 Å². The highest BCUT2D eigenvalue weighted by Crippen LogP contribution is 2.39. The van der Waals surface area contributed by atoms with Gasteiger partial charge in [0, 0.05) is 16.0 Å². The van der Waals surface area contributed by atoms with Crippen LogP contribution >= 0.6 is 11.3 Å². The van der Waals surface area contributed by atoms with Crippen molar-refractivity contribution in [2.24, 2.45) is 0 Å². The third kappa shape index (κ3) is 2.10. The van der Waals surface area contributed by atoms with Crippen molar-refractivity contribution in [2.45, 2.75) is 12.8 Å². The Bertz CT molecular complexity index is 759. The number of carbonyl (C=O) groups excluding carboxylic acids is 1. The SMILES string of the molecule is CC(C(=O)c1c(O)sc2ccccc12)c1ccccc1.